The third-order valence-corrected chi connectivity index (χ3v) is 6.70. The van der Waals surface area contributed by atoms with Gasteiger partial charge in [0, 0.05) is 33.7 Å². The van der Waals surface area contributed by atoms with Crippen molar-refractivity contribution in [3.8, 4) is 22.6 Å². The highest BCUT2D eigenvalue weighted by atomic mass is 16.3. The van der Waals surface area contributed by atoms with Gasteiger partial charge in [0.1, 0.15) is 22.8 Å². The number of hydrogen-bond donors (Lipinski definition) is 0. The first-order valence-electron chi connectivity index (χ1n) is 11.7. The molecule has 0 aliphatic rings. The molecule has 3 heterocycles. The number of nitrogens with zero attached hydrogens (tertiary/aromatic N) is 1. The average Bonchev–Trinajstić information content (AvgIpc) is 3.36. The van der Waals surface area contributed by atoms with Gasteiger partial charge in [-0.15, -0.1) is 0 Å². The molecule has 0 saturated heterocycles. The van der Waals surface area contributed by atoms with Gasteiger partial charge in [0.05, 0.1) is 0 Å². The molecule has 0 radical (unpaired) electrons. The number of hydrogen-bond acceptors (Lipinski definition) is 3. The number of aromatic nitrogens is 1. The Morgan fingerprint density at radius 1 is 0.735 bits per heavy atom. The molecule has 0 spiro atoms. The summed E-state index contributed by atoms with van der Waals surface area (Å²) in [5.74, 6) is 1.78. The van der Waals surface area contributed by atoms with Gasteiger partial charge in [0.2, 0.25) is 0 Å². The van der Waals surface area contributed by atoms with Gasteiger partial charge in [-0.1, -0.05) is 45.0 Å². The molecule has 0 unspecified atom stereocenters. The van der Waals surface area contributed by atoms with Gasteiger partial charge in [-0.25, -0.2) is 0 Å². The molecule has 168 valence electrons. The van der Waals surface area contributed by atoms with E-state index in [0.717, 1.165) is 55.8 Å². The van der Waals surface area contributed by atoms with Gasteiger partial charge in [-0.2, -0.15) is 0 Å². The maximum atomic E-state index is 6.57. The van der Waals surface area contributed by atoms with E-state index >= 15 is 0 Å². The number of furan rings is 2. The first-order chi connectivity index (χ1) is 16.3. The predicted molar refractivity (Wildman–Crippen MR) is 140 cm³/mol. The van der Waals surface area contributed by atoms with E-state index in [1.165, 1.54) is 16.3 Å². The second-order valence-electron chi connectivity index (χ2n) is 10.2. The number of fused-ring (bicyclic) bond motifs is 3. The van der Waals surface area contributed by atoms with Crippen LogP contribution >= 0.6 is 0 Å². The van der Waals surface area contributed by atoms with Crippen molar-refractivity contribution in [2.75, 3.05) is 0 Å². The van der Waals surface area contributed by atoms with Crippen molar-refractivity contribution in [1.82, 2.24) is 4.98 Å². The Bertz CT molecular complexity index is 1710. The normalized spacial score (nSPS) is 12.3. The monoisotopic (exact) mass is 445 g/mol. The lowest BCUT2D eigenvalue weighted by molar-refractivity contribution is 0.578. The van der Waals surface area contributed by atoms with E-state index < -0.39 is 0 Å². The Hall–Kier alpha value is -3.85. The highest BCUT2D eigenvalue weighted by Gasteiger charge is 2.21. The van der Waals surface area contributed by atoms with Crippen molar-refractivity contribution in [3.05, 3.63) is 89.8 Å². The summed E-state index contributed by atoms with van der Waals surface area (Å²) in [6.45, 7) is 10.9. The van der Waals surface area contributed by atoms with E-state index in [1.54, 1.807) is 0 Å². The zero-order valence-corrected chi connectivity index (χ0v) is 20.2. The minimum atomic E-state index is 0.00584. The Labute approximate surface area is 199 Å². The van der Waals surface area contributed by atoms with Gasteiger partial charge in [-0.05, 0) is 78.1 Å². The van der Waals surface area contributed by atoms with Gasteiger partial charge in [0.15, 0.2) is 5.58 Å². The molecular weight excluding hydrogens is 418 g/mol. The van der Waals surface area contributed by atoms with Crippen molar-refractivity contribution >= 4 is 32.7 Å². The van der Waals surface area contributed by atoms with Crippen molar-refractivity contribution in [2.24, 2.45) is 0 Å². The zero-order valence-electron chi connectivity index (χ0n) is 20.2. The molecule has 34 heavy (non-hydrogen) atoms. The Morgan fingerprint density at radius 3 is 2.35 bits per heavy atom. The van der Waals surface area contributed by atoms with E-state index in [-0.39, 0.29) is 5.41 Å². The second kappa shape index (κ2) is 7.33. The summed E-state index contributed by atoms with van der Waals surface area (Å²) in [5, 5.41) is 4.67. The molecule has 0 N–H and O–H groups in total. The van der Waals surface area contributed by atoms with Crippen LogP contribution in [0.2, 0.25) is 0 Å². The SMILES string of the molecule is Cc1cc2cc(-c3oc4c(-c5cc(C(C)(C)C)c6ccccc6c5)nccc4c3C)ccc2o1. The minimum Gasteiger partial charge on any atom is -0.461 e. The van der Waals surface area contributed by atoms with Crippen molar-refractivity contribution in [1.29, 1.82) is 0 Å². The van der Waals surface area contributed by atoms with Gasteiger partial charge in [-0.3, -0.25) is 4.98 Å². The number of pyridine rings is 1. The van der Waals surface area contributed by atoms with Crippen LogP contribution in [0.4, 0.5) is 0 Å². The fraction of sp³-hybridized carbons (Fsp3) is 0.194. The molecule has 6 aromatic rings. The van der Waals surface area contributed by atoms with Crippen LogP contribution in [0.5, 0.6) is 0 Å². The summed E-state index contributed by atoms with van der Waals surface area (Å²) in [6, 6.07) is 23.4. The largest absolute Gasteiger partial charge is 0.461 e. The van der Waals surface area contributed by atoms with E-state index in [0.29, 0.717) is 0 Å². The van der Waals surface area contributed by atoms with E-state index in [9.17, 15) is 0 Å². The highest BCUT2D eigenvalue weighted by molar-refractivity contribution is 5.99. The minimum absolute atomic E-state index is 0.00584. The van der Waals surface area contributed by atoms with Crippen LogP contribution in [0.1, 0.15) is 37.7 Å². The summed E-state index contributed by atoms with van der Waals surface area (Å²) < 4.78 is 12.3. The van der Waals surface area contributed by atoms with Crippen LogP contribution in [-0.4, -0.2) is 4.98 Å². The average molecular weight is 446 g/mol. The third kappa shape index (κ3) is 3.23. The molecule has 0 atom stereocenters. The number of aryl methyl sites for hydroxylation is 2. The second-order valence-corrected chi connectivity index (χ2v) is 10.2. The maximum absolute atomic E-state index is 6.57. The Kier molecular flexibility index (Phi) is 4.47. The summed E-state index contributed by atoms with van der Waals surface area (Å²) >= 11 is 0. The topological polar surface area (TPSA) is 39.2 Å². The van der Waals surface area contributed by atoms with Gasteiger partial charge < -0.3 is 8.83 Å². The van der Waals surface area contributed by atoms with Crippen LogP contribution < -0.4 is 0 Å². The molecule has 6 rings (SSSR count). The zero-order chi connectivity index (χ0) is 23.6. The lowest BCUT2D eigenvalue weighted by Gasteiger charge is -2.22. The van der Waals surface area contributed by atoms with Crippen LogP contribution in [0.25, 0.3) is 55.3 Å². The smallest absolute Gasteiger partial charge is 0.161 e. The summed E-state index contributed by atoms with van der Waals surface area (Å²) in [6.07, 6.45) is 1.89. The Balaban J connectivity index is 1.58. The number of benzene rings is 3. The van der Waals surface area contributed by atoms with E-state index in [2.05, 4.69) is 82.3 Å². The highest BCUT2D eigenvalue weighted by Crippen LogP contribution is 2.40. The molecule has 0 fully saturated rings. The molecule has 0 aliphatic carbocycles. The van der Waals surface area contributed by atoms with E-state index in [1.807, 2.05) is 25.3 Å². The standard InChI is InChI=1S/C31H27NO2/c1-18-14-22-16-21(10-11-27(22)33-18)29-19(2)24-12-13-32-28(30(24)34-29)23-15-20-8-6-7-9-25(20)26(17-23)31(3,4)5/h6-17H,1-5H3. The molecule has 3 heteroatoms. The van der Waals surface area contributed by atoms with Crippen LogP contribution in [0.3, 0.4) is 0 Å². The molecule has 3 aromatic carbocycles. The van der Waals surface area contributed by atoms with Crippen molar-refractivity contribution in [2.45, 2.75) is 40.0 Å². The first-order valence-corrected chi connectivity index (χ1v) is 11.7. The maximum Gasteiger partial charge on any atom is 0.161 e. The van der Waals surface area contributed by atoms with Gasteiger partial charge >= 0.3 is 0 Å². The molecular formula is C31H27NO2. The van der Waals surface area contributed by atoms with Crippen LogP contribution in [0.15, 0.2) is 81.8 Å². The molecule has 3 nitrogen and oxygen atoms in total. The molecule has 0 bridgehead atoms. The van der Waals surface area contributed by atoms with Crippen LogP contribution in [0, 0.1) is 13.8 Å². The number of rotatable bonds is 2. The fourth-order valence-electron chi connectivity index (χ4n) is 5.01. The van der Waals surface area contributed by atoms with Crippen LogP contribution in [-0.2, 0) is 5.41 Å². The Morgan fingerprint density at radius 2 is 1.53 bits per heavy atom. The molecule has 3 aromatic heterocycles. The molecule has 0 saturated carbocycles. The fourth-order valence-corrected chi connectivity index (χ4v) is 5.01. The van der Waals surface area contributed by atoms with Crippen molar-refractivity contribution < 1.29 is 8.83 Å². The molecule has 0 aliphatic heterocycles. The first kappa shape index (κ1) is 20.7. The lowest BCUT2D eigenvalue weighted by Crippen LogP contribution is -2.12. The predicted octanol–water partition coefficient (Wildman–Crippen LogP) is 8.98. The quantitative estimate of drug-likeness (QED) is 0.267. The third-order valence-electron chi connectivity index (χ3n) is 6.70. The van der Waals surface area contributed by atoms with Crippen molar-refractivity contribution in [3.63, 3.8) is 0 Å². The summed E-state index contributed by atoms with van der Waals surface area (Å²) in [4.78, 5) is 4.80. The summed E-state index contributed by atoms with van der Waals surface area (Å²) in [5.41, 5.74) is 7.16. The molecule has 0 amide bonds. The lowest BCUT2D eigenvalue weighted by atomic mass is 9.82. The summed E-state index contributed by atoms with van der Waals surface area (Å²) in [7, 11) is 0. The van der Waals surface area contributed by atoms with Gasteiger partial charge in [0.25, 0.3) is 0 Å². The van der Waals surface area contributed by atoms with E-state index in [4.69, 9.17) is 13.8 Å².